The second kappa shape index (κ2) is 6.78. The highest BCUT2D eigenvalue weighted by atomic mass is 16.6. The third-order valence-electron chi connectivity index (χ3n) is 2.24. The number of rotatable bonds is 5. The summed E-state index contributed by atoms with van der Waals surface area (Å²) in [5.74, 6) is 0.757. The zero-order valence-electron chi connectivity index (χ0n) is 10.6. The van der Waals surface area contributed by atoms with E-state index in [1.165, 1.54) is 0 Å². The summed E-state index contributed by atoms with van der Waals surface area (Å²) in [6, 6.07) is 7.43. The third-order valence-corrected chi connectivity index (χ3v) is 2.24. The maximum absolute atomic E-state index is 11.7. The molecule has 0 unspecified atom stereocenters. The molecular formula is C13H19NO3. The van der Waals surface area contributed by atoms with Crippen molar-refractivity contribution in [1.29, 1.82) is 0 Å². The van der Waals surface area contributed by atoms with Crippen molar-refractivity contribution in [3.05, 3.63) is 24.3 Å². The lowest BCUT2D eigenvalue weighted by atomic mass is 10.3. The highest BCUT2D eigenvalue weighted by molar-refractivity contribution is 5.87. The Hall–Kier alpha value is -1.71. The fourth-order valence-corrected chi connectivity index (χ4v) is 1.53. The first-order valence-corrected chi connectivity index (χ1v) is 5.90. The number of anilines is 1. The SMILES string of the molecule is CCOC(=O)N(CC)c1cccc(OCC)c1. The Morgan fingerprint density at radius 1 is 1.24 bits per heavy atom. The van der Waals surface area contributed by atoms with Gasteiger partial charge < -0.3 is 9.47 Å². The lowest BCUT2D eigenvalue weighted by Gasteiger charge is -2.20. The van der Waals surface area contributed by atoms with E-state index in [2.05, 4.69) is 0 Å². The molecule has 1 amide bonds. The Bertz CT molecular complexity index is 365. The Labute approximate surface area is 102 Å². The van der Waals surface area contributed by atoms with Crippen LogP contribution >= 0.6 is 0 Å². The molecule has 0 atom stereocenters. The van der Waals surface area contributed by atoms with E-state index in [-0.39, 0.29) is 6.09 Å². The van der Waals surface area contributed by atoms with Gasteiger partial charge in [0.25, 0.3) is 0 Å². The van der Waals surface area contributed by atoms with Gasteiger partial charge in [0.1, 0.15) is 5.75 Å². The lowest BCUT2D eigenvalue weighted by molar-refractivity contribution is 0.160. The second-order valence-electron chi connectivity index (χ2n) is 3.37. The highest BCUT2D eigenvalue weighted by Gasteiger charge is 2.14. The maximum Gasteiger partial charge on any atom is 0.414 e. The van der Waals surface area contributed by atoms with Gasteiger partial charge in [-0.05, 0) is 32.9 Å². The lowest BCUT2D eigenvalue weighted by Crippen LogP contribution is -2.31. The summed E-state index contributed by atoms with van der Waals surface area (Å²) >= 11 is 0. The van der Waals surface area contributed by atoms with Gasteiger partial charge in [0.2, 0.25) is 0 Å². The average molecular weight is 237 g/mol. The van der Waals surface area contributed by atoms with Crippen LogP contribution in [0, 0.1) is 0 Å². The number of nitrogens with zero attached hydrogens (tertiary/aromatic N) is 1. The van der Waals surface area contributed by atoms with Crippen LogP contribution in [0.4, 0.5) is 10.5 Å². The summed E-state index contributed by atoms with van der Waals surface area (Å²) in [6.07, 6.45) is -0.330. The molecule has 1 rings (SSSR count). The molecule has 0 bridgehead atoms. The van der Waals surface area contributed by atoms with Crippen molar-refractivity contribution in [1.82, 2.24) is 0 Å². The molecule has 17 heavy (non-hydrogen) atoms. The molecule has 4 nitrogen and oxygen atoms in total. The summed E-state index contributed by atoms with van der Waals surface area (Å²) in [7, 11) is 0. The van der Waals surface area contributed by atoms with E-state index in [1.807, 2.05) is 38.1 Å². The van der Waals surface area contributed by atoms with Crippen LogP contribution in [0.15, 0.2) is 24.3 Å². The predicted molar refractivity (Wildman–Crippen MR) is 67.7 cm³/mol. The topological polar surface area (TPSA) is 38.8 Å². The van der Waals surface area contributed by atoms with Gasteiger partial charge in [0.05, 0.1) is 18.9 Å². The van der Waals surface area contributed by atoms with E-state index in [4.69, 9.17) is 9.47 Å². The molecule has 0 aromatic heterocycles. The first-order valence-electron chi connectivity index (χ1n) is 5.90. The largest absolute Gasteiger partial charge is 0.494 e. The molecule has 0 saturated carbocycles. The summed E-state index contributed by atoms with van der Waals surface area (Å²) in [5, 5.41) is 0. The van der Waals surface area contributed by atoms with Gasteiger partial charge in [-0.25, -0.2) is 4.79 Å². The van der Waals surface area contributed by atoms with Crippen LogP contribution in [-0.2, 0) is 4.74 Å². The average Bonchev–Trinajstić information content (AvgIpc) is 2.31. The van der Waals surface area contributed by atoms with Crippen LogP contribution in [-0.4, -0.2) is 25.9 Å². The van der Waals surface area contributed by atoms with Gasteiger partial charge in [-0.2, -0.15) is 0 Å². The minimum Gasteiger partial charge on any atom is -0.494 e. The van der Waals surface area contributed by atoms with E-state index in [0.29, 0.717) is 19.8 Å². The fourth-order valence-electron chi connectivity index (χ4n) is 1.53. The molecule has 0 heterocycles. The Morgan fingerprint density at radius 2 is 2.00 bits per heavy atom. The minimum absolute atomic E-state index is 0.330. The zero-order chi connectivity index (χ0) is 12.7. The molecule has 0 N–H and O–H groups in total. The summed E-state index contributed by atoms with van der Waals surface area (Å²) in [4.78, 5) is 13.3. The zero-order valence-corrected chi connectivity index (χ0v) is 10.6. The Morgan fingerprint density at radius 3 is 2.59 bits per heavy atom. The van der Waals surface area contributed by atoms with E-state index in [1.54, 1.807) is 11.8 Å². The molecular weight excluding hydrogens is 218 g/mol. The van der Waals surface area contributed by atoms with Gasteiger partial charge in [-0.15, -0.1) is 0 Å². The Balaban J connectivity index is 2.87. The standard InChI is InChI=1S/C13H19NO3/c1-4-14(13(15)17-6-3)11-8-7-9-12(10-11)16-5-2/h7-10H,4-6H2,1-3H3. The summed E-state index contributed by atoms with van der Waals surface area (Å²) < 4.78 is 10.4. The van der Waals surface area contributed by atoms with Crippen LogP contribution in [0.25, 0.3) is 0 Å². The predicted octanol–water partition coefficient (Wildman–Crippen LogP) is 3.07. The number of hydrogen-bond donors (Lipinski definition) is 0. The fraction of sp³-hybridized carbons (Fsp3) is 0.462. The van der Waals surface area contributed by atoms with Crippen molar-refractivity contribution in [2.24, 2.45) is 0 Å². The molecule has 0 aliphatic rings. The molecule has 0 spiro atoms. The van der Waals surface area contributed by atoms with Crippen molar-refractivity contribution in [3.8, 4) is 5.75 Å². The molecule has 94 valence electrons. The van der Waals surface area contributed by atoms with E-state index in [0.717, 1.165) is 11.4 Å². The Kier molecular flexibility index (Phi) is 5.33. The van der Waals surface area contributed by atoms with Gasteiger partial charge in [-0.3, -0.25) is 4.90 Å². The van der Waals surface area contributed by atoms with E-state index < -0.39 is 0 Å². The summed E-state index contributed by atoms with van der Waals surface area (Å²) in [6.45, 7) is 7.17. The molecule has 0 saturated heterocycles. The van der Waals surface area contributed by atoms with Gasteiger partial charge >= 0.3 is 6.09 Å². The van der Waals surface area contributed by atoms with Crippen LogP contribution < -0.4 is 9.64 Å². The molecule has 4 heteroatoms. The van der Waals surface area contributed by atoms with Gasteiger partial charge in [0, 0.05) is 12.6 Å². The number of amides is 1. The molecule has 1 aromatic rings. The number of ether oxygens (including phenoxy) is 2. The summed E-state index contributed by atoms with van der Waals surface area (Å²) in [5.41, 5.74) is 0.789. The number of benzene rings is 1. The van der Waals surface area contributed by atoms with Crippen molar-refractivity contribution >= 4 is 11.8 Å². The minimum atomic E-state index is -0.330. The van der Waals surface area contributed by atoms with E-state index in [9.17, 15) is 4.79 Å². The van der Waals surface area contributed by atoms with Crippen molar-refractivity contribution < 1.29 is 14.3 Å². The van der Waals surface area contributed by atoms with Gasteiger partial charge in [0.15, 0.2) is 0 Å². The first kappa shape index (κ1) is 13.4. The molecule has 0 radical (unpaired) electrons. The van der Waals surface area contributed by atoms with Crippen molar-refractivity contribution in [3.63, 3.8) is 0 Å². The van der Waals surface area contributed by atoms with E-state index >= 15 is 0 Å². The van der Waals surface area contributed by atoms with Gasteiger partial charge in [-0.1, -0.05) is 6.07 Å². The van der Waals surface area contributed by atoms with Crippen LogP contribution in [0.3, 0.4) is 0 Å². The van der Waals surface area contributed by atoms with Crippen LogP contribution in [0.1, 0.15) is 20.8 Å². The molecule has 0 aliphatic heterocycles. The molecule has 1 aromatic carbocycles. The quantitative estimate of drug-likeness (QED) is 0.790. The number of carbonyl (C=O) groups is 1. The van der Waals surface area contributed by atoms with Crippen molar-refractivity contribution in [2.75, 3.05) is 24.7 Å². The normalized spacial score (nSPS) is 9.82. The monoisotopic (exact) mass is 237 g/mol. The van der Waals surface area contributed by atoms with Crippen molar-refractivity contribution in [2.45, 2.75) is 20.8 Å². The van der Waals surface area contributed by atoms with Crippen LogP contribution in [0.5, 0.6) is 5.75 Å². The number of carbonyl (C=O) groups excluding carboxylic acids is 1. The maximum atomic E-state index is 11.7. The number of hydrogen-bond acceptors (Lipinski definition) is 3. The smallest absolute Gasteiger partial charge is 0.414 e. The third kappa shape index (κ3) is 3.66. The highest BCUT2D eigenvalue weighted by Crippen LogP contribution is 2.21. The first-order chi connectivity index (χ1) is 8.22. The molecule has 0 fully saturated rings. The van der Waals surface area contributed by atoms with Crippen LogP contribution in [0.2, 0.25) is 0 Å². The molecule has 0 aliphatic carbocycles. The second-order valence-corrected chi connectivity index (χ2v) is 3.37.